The maximum Gasteiger partial charge on any atom is 0.261 e. The van der Waals surface area contributed by atoms with Crippen LogP contribution in [0.25, 0.3) is 10.9 Å². The molecule has 5 rings (SSSR count). The molecule has 2 aliphatic rings. The molecule has 1 fully saturated rings. The van der Waals surface area contributed by atoms with Crippen molar-refractivity contribution in [1.29, 1.82) is 0 Å². The molecule has 3 unspecified atom stereocenters. The van der Waals surface area contributed by atoms with Crippen molar-refractivity contribution in [2.75, 3.05) is 13.1 Å². The molecule has 0 N–H and O–H groups in total. The largest absolute Gasteiger partial charge is 0.340 e. The van der Waals surface area contributed by atoms with E-state index in [1.807, 2.05) is 41.5 Å². The predicted octanol–water partition coefficient (Wildman–Crippen LogP) is 2.40. The number of carbonyl (C=O) groups excluding carboxylic acids is 1. The molecular formula is C24H26N4O3. The molecule has 0 aliphatic carbocycles. The summed E-state index contributed by atoms with van der Waals surface area (Å²) in [4.78, 5) is 45.5. The van der Waals surface area contributed by atoms with Gasteiger partial charge in [-0.2, -0.15) is 0 Å². The van der Waals surface area contributed by atoms with E-state index in [9.17, 15) is 14.4 Å². The third-order valence-electron chi connectivity index (χ3n) is 6.67. The average Bonchev–Trinajstić information content (AvgIpc) is 2.76. The minimum atomic E-state index is -0.610. The van der Waals surface area contributed by atoms with Crippen LogP contribution in [0.5, 0.6) is 0 Å². The molecule has 2 aromatic heterocycles. The monoisotopic (exact) mass is 418 g/mol. The van der Waals surface area contributed by atoms with Crippen molar-refractivity contribution in [3.63, 3.8) is 0 Å². The summed E-state index contributed by atoms with van der Waals surface area (Å²) in [6.07, 6.45) is 2.49. The van der Waals surface area contributed by atoms with Crippen LogP contribution in [0.15, 0.2) is 58.4 Å². The zero-order chi connectivity index (χ0) is 21.7. The maximum absolute atomic E-state index is 13.7. The number of nitrogens with zero attached hydrogens (tertiary/aromatic N) is 4. The summed E-state index contributed by atoms with van der Waals surface area (Å²) in [6.45, 7) is 5.74. The first-order valence-electron chi connectivity index (χ1n) is 10.9. The molecule has 2 bridgehead atoms. The first-order chi connectivity index (χ1) is 14.9. The van der Waals surface area contributed by atoms with E-state index in [2.05, 4.69) is 4.98 Å². The first-order valence-corrected chi connectivity index (χ1v) is 10.9. The normalized spacial score (nSPS) is 21.2. The third kappa shape index (κ3) is 3.28. The lowest BCUT2D eigenvalue weighted by molar-refractivity contribution is -0.139. The smallest absolute Gasteiger partial charge is 0.261 e. The molecule has 3 atom stereocenters. The van der Waals surface area contributed by atoms with Crippen LogP contribution in [0.3, 0.4) is 0 Å². The molecule has 1 amide bonds. The molecule has 160 valence electrons. The molecule has 0 radical (unpaired) electrons. The zero-order valence-corrected chi connectivity index (χ0v) is 17.8. The van der Waals surface area contributed by atoms with Gasteiger partial charge < -0.3 is 9.47 Å². The Kier molecular flexibility index (Phi) is 4.76. The van der Waals surface area contributed by atoms with Crippen LogP contribution in [-0.4, -0.2) is 38.0 Å². The van der Waals surface area contributed by atoms with E-state index in [0.29, 0.717) is 30.5 Å². The van der Waals surface area contributed by atoms with E-state index in [1.165, 1.54) is 10.9 Å². The molecule has 0 spiro atoms. The molecule has 1 aromatic carbocycles. The fourth-order valence-electron chi connectivity index (χ4n) is 5.27. The van der Waals surface area contributed by atoms with Gasteiger partial charge in [-0.25, -0.2) is 4.98 Å². The van der Waals surface area contributed by atoms with E-state index in [4.69, 9.17) is 0 Å². The number of hydrogen-bond acceptors (Lipinski definition) is 4. The lowest BCUT2D eigenvalue weighted by atomic mass is 9.82. The topological polar surface area (TPSA) is 77.2 Å². The van der Waals surface area contributed by atoms with Crippen LogP contribution in [-0.2, 0) is 11.3 Å². The second-order valence-corrected chi connectivity index (χ2v) is 9.10. The number of para-hydroxylation sites is 1. The van der Waals surface area contributed by atoms with Crippen LogP contribution in [0.2, 0.25) is 0 Å². The van der Waals surface area contributed by atoms with Gasteiger partial charge >= 0.3 is 0 Å². The van der Waals surface area contributed by atoms with Crippen molar-refractivity contribution >= 4 is 16.8 Å². The number of fused-ring (bicyclic) bond motifs is 5. The van der Waals surface area contributed by atoms with Crippen molar-refractivity contribution in [1.82, 2.24) is 19.0 Å². The molecule has 3 aromatic rings. The summed E-state index contributed by atoms with van der Waals surface area (Å²) in [5.74, 6) is 0.277. The van der Waals surface area contributed by atoms with Gasteiger partial charge in [0.2, 0.25) is 5.91 Å². The Bertz CT molecular complexity index is 1280. The van der Waals surface area contributed by atoms with Gasteiger partial charge in [0.25, 0.3) is 11.1 Å². The van der Waals surface area contributed by atoms with Crippen LogP contribution in [0.1, 0.15) is 37.9 Å². The highest BCUT2D eigenvalue weighted by atomic mass is 16.2. The molecule has 7 nitrogen and oxygen atoms in total. The number of rotatable bonds is 3. The minimum Gasteiger partial charge on any atom is -0.340 e. The Morgan fingerprint density at radius 2 is 1.84 bits per heavy atom. The second-order valence-electron chi connectivity index (χ2n) is 9.10. The molecular weight excluding hydrogens is 392 g/mol. The van der Waals surface area contributed by atoms with Crippen LogP contribution in [0.4, 0.5) is 0 Å². The number of hydrogen-bond donors (Lipinski definition) is 0. The van der Waals surface area contributed by atoms with Crippen molar-refractivity contribution < 1.29 is 4.79 Å². The van der Waals surface area contributed by atoms with Crippen LogP contribution < -0.4 is 11.1 Å². The maximum atomic E-state index is 13.7. The fourth-order valence-corrected chi connectivity index (χ4v) is 5.27. The quantitative estimate of drug-likeness (QED) is 0.655. The second kappa shape index (κ2) is 7.48. The highest BCUT2D eigenvalue weighted by Crippen LogP contribution is 2.36. The van der Waals surface area contributed by atoms with E-state index >= 15 is 0 Å². The van der Waals surface area contributed by atoms with E-state index in [0.717, 1.165) is 12.1 Å². The Labute approximate surface area is 179 Å². The number of piperidine rings is 1. The van der Waals surface area contributed by atoms with Crippen molar-refractivity contribution in [2.24, 2.45) is 11.8 Å². The summed E-state index contributed by atoms with van der Waals surface area (Å²) in [5, 5.41) is 0.521. The van der Waals surface area contributed by atoms with E-state index < -0.39 is 6.04 Å². The Hall–Kier alpha value is -3.22. The minimum absolute atomic E-state index is 0.0285. The standard InChI is InChI=1S/C24H26N4O3/c1-15(2)22(28-14-25-19-7-4-3-6-18(19)23(28)30)24(31)26-11-16-10-17(13-26)20-8-5-9-21(29)27(20)12-16/h3-9,14-17,22H,10-13H2,1-2H3. The molecule has 7 heteroatoms. The zero-order valence-electron chi connectivity index (χ0n) is 17.8. The summed E-state index contributed by atoms with van der Waals surface area (Å²) in [5.41, 5.74) is 1.48. The Morgan fingerprint density at radius 3 is 2.65 bits per heavy atom. The average molecular weight is 418 g/mol. The van der Waals surface area contributed by atoms with Gasteiger partial charge in [-0.15, -0.1) is 0 Å². The molecule has 1 saturated heterocycles. The fraction of sp³-hybridized carbons (Fsp3) is 0.417. The number of likely N-dealkylation sites (tertiary alicyclic amines) is 1. The van der Waals surface area contributed by atoms with Gasteiger partial charge in [0.15, 0.2) is 0 Å². The van der Waals surface area contributed by atoms with E-state index in [-0.39, 0.29) is 34.8 Å². The molecule has 0 saturated carbocycles. The summed E-state index contributed by atoms with van der Waals surface area (Å²) in [7, 11) is 0. The Morgan fingerprint density at radius 1 is 1.03 bits per heavy atom. The van der Waals surface area contributed by atoms with Gasteiger partial charge in [-0.3, -0.25) is 19.0 Å². The van der Waals surface area contributed by atoms with Gasteiger partial charge in [-0.05, 0) is 36.5 Å². The highest BCUT2D eigenvalue weighted by Gasteiger charge is 2.39. The summed E-state index contributed by atoms with van der Waals surface area (Å²) >= 11 is 0. The van der Waals surface area contributed by atoms with Gasteiger partial charge in [0.05, 0.1) is 17.2 Å². The lowest BCUT2D eigenvalue weighted by Gasteiger charge is -2.44. The van der Waals surface area contributed by atoms with Gasteiger partial charge in [-0.1, -0.05) is 32.0 Å². The van der Waals surface area contributed by atoms with Gasteiger partial charge in [0, 0.05) is 37.3 Å². The lowest BCUT2D eigenvalue weighted by Crippen LogP contribution is -2.52. The SMILES string of the molecule is CC(C)C(C(=O)N1CC2CC(C1)c1cccc(=O)n1C2)n1cnc2ccccc2c1=O. The number of amides is 1. The van der Waals surface area contributed by atoms with E-state index in [1.54, 1.807) is 24.3 Å². The van der Waals surface area contributed by atoms with Crippen LogP contribution in [0, 0.1) is 11.8 Å². The summed E-state index contributed by atoms with van der Waals surface area (Å²) < 4.78 is 3.36. The van der Waals surface area contributed by atoms with Crippen LogP contribution >= 0.6 is 0 Å². The number of carbonyl (C=O) groups is 1. The first kappa shape index (κ1) is 19.7. The molecule has 2 aliphatic heterocycles. The van der Waals surface area contributed by atoms with Gasteiger partial charge in [0.1, 0.15) is 6.04 Å². The van der Waals surface area contributed by atoms with Crippen molar-refractivity contribution in [3.8, 4) is 0 Å². The Balaban J connectivity index is 1.49. The third-order valence-corrected chi connectivity index (χ3v) is 6.67. The highest BCUT2D eigenvalue weighted by molar-refractivity contribution is 5.82. The summed E-state index contributed by atoms with van der Waals surface area (Å²) in [6, 6.07) is 12.0. The van der Waals surface area contributed by atoms with Crippen molar-refractivity contribution in [3.05, 3.63) is 75.2 Å². The predicted molar refractivity (Wildman–Crippen MR) is 118 cm³/mol. The van der Waals surface area contributed by atoms with Crippen molar-refractivity contribution in [2.45, 2.75) is 38.8 Å². The number of aromatic nitrogens is 3. The number of pyridine rings is 1. The number of benzene rings is 1. The molecule has 31 heavy (non-hydrogen) atoms. The molecule has 4 heterocycles.